The van der Waals surface area contributed by atoms with Crippen LogP contribution in [-0.4, -0.2) is 36.0 Å². The summed E-state index contributed by atoms with van der Waals surface area (Å²) in [6.45, 7) is 4.19. The maximum Gasteiger partial charge on any atom is 0.327 e. The predicted octanol–water partition coefficient (Wildman–Crippen LogP) is 1.49. The Morgan fingerprint density at radius 2 is 1.88 bits per heavy atom. The third-order valence-corrected chi connectivity index (χ3v) is 1.79. The summed E-state index contributed by atoms with van der Waals surface area (Å²) in [6, 6.07) is 10.2. The molecular formula is C13H18O4. The van der Waals surface area contributed by atoms with Crippen LogP contribution in [0, 0.1) is 0 Å². The Kier molecular flexibility index (Phi) is 9.80. The van der Waals surface area contributed by atoms with Gasteiger partial charge in [-0.3, -0.25) is 0 Å². The molecule has 0 bridgehead atoms. The Hall–Kier alpha value is -1.65. The lowest BCUT2D eigenvalue weighted by atomic mass is 10.2. The van der Waals surface area contributed by atoms with Gasteiger partial charge in [-0.05, 0) is 12.0 Å². The molecule has 1 rings (SSSR count). The Morgan fingerprint density at radius 1 is 1.29 bits per heavy atom. The number of carbonyl (C=O) groups is 1. The molecule has 0 fully saturated rings. The Labute approximate surface area is 101 Å². The van der Waals surface area contributed by atoms with Crippen molar-refractivity contribution in [2.24, 2.45) is 0 Å². The molecule has 0 unspecified atom stereocenters. The second kappa shape index (κ2) is 10.9. The molecule has 0 aliphatic heterocycles. The van der Waals surface area contributed by atoms with Crippen LogP contribution in [0.1, 0.15) is 5.56 Å². The molecule has 0 spiro atoms. The van der Waals surface area contributed by atoms with Gasteiger partial charge in [0, 0.05) is 6.08 Å². The molecule has 0 aliphatic rings. The van der Waals surface area contributed by atoms with Crippen molar-refractivity contribution in [1.82, 2.24) is 0 Å². The molecule has 0 saturated carbocycles. The fourth-order valence-corrected chi connectivity index (χ4v) is 1.00. The minimum absolute atomic E-state index is 0.106. The maximum atomic E-state index is 9.25. The van der Waals surface area contributed by atoms with E-state index in [0.717, 1.165) is 12.5 Å². The highest BCUT2D eigenvalue weighted by Crippen LogP contribution is 1.98. The summed E-state index contributed by atoms with van der Waals surface area (Å²) < 4.78 is 5.14. The normalized spacial score (nSPS) is 9.00. The van der Waals surface area contributed by atoms with Crippen molar-refractivity contribution in [3.05, 3.63) is 48.6 Å². The van der Waals surface area contributed by atoms with Gasteiger partial charge in [-0.15, -0.1) is 0 Å². The SMILES string of the molecule is C=CC(=O)O.OCCOCCc1ccccc1. The van der Waals surface area contributed by atoms with Crippen LogP contribution in [0.3, 0.4) is 0 Å². The predicted molar refractivity (Wildman–Crippen MR) is 65.9 cm³/mol. The van der Waals surface area contributed by atoms with Crippen molar-refractivity contribution in [3.63, 3.8) is 0 Å². The number of carboxylic acid groups (broad SMARTS) is 1. The van der Waals surface area contributed by atoms with Crippen molar-refractivity contribution in [3.8, 4) is 0 Å². The minimum atomic E-state index is -0.981. The molecule has 0 aliphatic carbocycles. The standard InChI is InChI=1S/C10H14O2.C3H4O2/c11-7-9-12-8-6-10-4-2-1-3-5-10;1-2-3(4)5/h1-5,11H,6-9H2;2H,1H2,(H,4,5). The quantitative estimate of drug-likeness (QED) is 0.582. The zero-order valence-electron chi connectivity index (χ0n) is 9.71. The van der Waals surface area contributed by atoms with Gasteiger partial charge in [0.2, 0.25) is 0 Å². The van der Waals surface area contributed by atoms with Crippen molar-refractivity contribution in [2.75, 3.05) is 19.8 Å². The first-order valence-corrected chi connectivity index (χ1v) is 5.28. The van der Waals surface area contributed by atoms with Crippen LogP contribution in [0.15, 0.2) is 43.0 Å². The number of carboxylic acids is 1. The molecule has 0 amide bonds. The van der Waals surface area contributed by atoms with Crippen LogP contribution in [0.2, 0.25) is 0 Å². The molecule has 0 saturated heterocycles. The zero-order valence-corrected chi connectivity index (χ0v) is 9.71. The third kappa shape index (κ3) is 10.6. The van der Waals surface area contributed by atoms with Crippen molar-refractivity contribution in [2.45, 2.75) is 6.42 Å². The Balaban J connectivity index is 0.000000437. The number of aliphatic hydroxyl groups is 1. The summed E-state index contributed by atoms with van der Waals surface area (Å²) in [6.07, 6.45) is 1.75. The minimum Gasteiger partial charge on any atom is -0.478 e. The first-order valence-electron chi connectivity index (χ1n) is 5.28. The highest BCUT2D eigenvalue weighted by molar-refractivity contribution is 5.78. The molecular weight excluding hydrogens is 220 g/mol. The van der Waals surface area contributed by atoms with Crippen LogP contribution in [0.25, 0.3) is 0 Å². The Bertz CT molecular complexity index is 308. The van der Waals surface area contributed by atoms with E-state index < -0.39 is 5.97 Å². The molecule has 2 N–H and O–H groups in total. The number of hydrogen-bond donors (Lipinski definition) is 2. The number of aliphatic hydroxyl groups excluding tert-OH is 1. The number of ether oxygens (including phenoxy) is 1. The van der Waals surface area contributed by atoms with Crippen LogP contribution in [0.5, 0.6) is 0 Å². The lowest BCUT2D eigenvalue weighted by Crippen LogP contribution is -2.02. The highest BCUT2D eigenvalue weighted by Gasteiger charge is 1.90. The summed E-state index contributed by atoms with van der Waals surface area (Å²) in [5.74, 6) is -0.981. The average molecular weight is 238 g/mol. The molecule has 0 heterocycles. The van der Waals surface area contributed by atoms with E-state index in [4.69, 9.17) is 14.9 Å². The van der Waals surface area contributed by atoms with Gasteiger partial charge in [-0.2, -0.15) is 0 Å². The zero-order chi connectivity index (χ0) is 12.9. The van der Waals surface area contributed by atoms with E-state index in [-0.39, 0.29) is 6.61 Å². The van der Waals surface area contributed by atoms with Gasteiger partial charge in [0.1, 0.15) is 0 Å². The largest absolute Gasteiger partial charge is 0.478 e. The highest BCUT2D eigenvalue weighted by atomic mass is 16.5. The fourth-order valence-electron chi connectivity index (χ4n) is 1.00. The van der Waals surface area contributed by atoms with Crippen molar-refractivity contribution in [1.29, 1.82) is 0 Å². The summed E-state index contributed by atoms with van der Waals surface area (Å²) in [4.78, 5) is 9.25. The van der Waals surface area contributed by atoms with Crippen molar-refractivity contribution < 1.29 is 19.7 Å². The Morgan fingerprint density at radius 3 is 2.35 bits per heavy atom. The molecule has 4 heteroatoms. The van der Waals surface area contributed by atoms with Gasteiger partial charge in [0.15, 0.2) is 0 Å². The van der Waals surface area contributed by atoms with Crippen LogP contribution in [-0.2, 0) is 16.0 Å². The van der Waals surface area contributed by atoms with Gasteiger partial charge >= 0.3 is 5.97 Å². The van der Waals surface area contributed by atoms with Crippen LogP contribution < -0.4 is 0 Å². The fraction of sp³-hybridized carbons (Fsp3) is 0.308. The number of benzene rings is 1. The van der Waals surface area contributed by atoms with Gasteiger partial charge < -0.3 is 14.9 Å². The van der Waals surface area contributed by atoms with Gasteiger partial charge in [0.25, 0.3) is 0 Å². The van der Waals surface area contributed by atoms with Crippen molar-refractivity contribution >= 4 is 5.97 Å². The lowest BCUT2D eigenvalue weighted by Gasteiger charge is -2.01. The first-order chi connectivity index (χ1) is 8.20. The van der Waals surface area contributed by atoms with Gasteiger partial charge in [0.05, 0.1) is 19.8 Å². The number of rotatable bonds is 6. The molecule has 0 radical (unpaired) electrons. The summed E-state index contributed by atoms with van der Waals surface area (Å²) in [5, 5.41) is 16.0. The van der Waals surface area contributed by atoms with Gasteiger partial charge in [-0.1, -0.05) is 36.9 Å². The molecule has 17 heavy (non-hydrogen) atoms. The van der Waals surface area contributed by atoms with E-state index in [1.807, 2.05) is 18.2 Å². The lowest BCUT2D eigenvalue weighted by molar-refractivity contribution is -0.131. The van der Waals surface area contributed by atoms with E-state index in [1.54, 1.807) is 0 Å². The molecule has 94 valence electrons. The molecule has 1 aromatic carbocycles. The first kappa shape index (κ1) is 15.4. The van der Waals surface area contributed by atoms with Crippen LogP contribution in [0.4, 0.5) is 0 Å². The molecule has 4 nitrogen and oxygen atoms in total. The summed E-state index contributed by atoms with van der Waals surface area (Å²) in [7, 11) is 0. The topological polar surface area (TPSA) is 66.8 Å². The molecule has 0 atom stereocenters. The molecule has 0 aromatic heterocycles. The number of aliphatic carboxylic acids is 1. The molecule has 1 aromatic rings. The maximum absolute atomic E-state index is 9.25. The van der Waals surface area contributed by atoms with Crippen LogP contribution >= 0.6 is 0 Å². The number of hydrogen-bond acceptors (Lipinski definition) is 3. The monoisotopic (exact) mass is 238 g/mol. The second-order valence-electron chi connectivity index (χ2n) is 3.11. The van der Waals surface area contributed by atoms with E-state index in [2.05, 4.69) is 18.7 Å². The van der Waals surface area contributed by atoms with E-state index in [1.165, 1.54) is 5.56 Å². The summed E-state index contributed by atoms with van der Waals surface area (Å²) >= 11 is 0. The third-order valence-electron chi connectivity index (χ3n) is 1.79. The van der Waals surface area contributed by atoms with Gasteiger partial charge in [-0.25, -0.2) is 4.79 Å². The van der Waals surface area contributed by atoms with E-state index >= 15 is 0 Å². The average Bonchev–Trinajstić information content (AvgIpc) is 2.37. The summed E-state index contributed by atoms with van der Waals surface area (Å²) in [5.41, 5.74) is 1.27. The second-order valence-corrected chi connectivity index (χ2v) is 3.11. The van der Waals surface area contributed by atoms with E-state index in [0.29, 0.717) is 13.2 Å². The smallest absolute Gasteiger partial charge is 0.327 e. The van der Waals surface area contributed by atoms with E-state index in [9.17, 15) is 4.79 Å².